The summed E-state index contributed by atoms with van der Waals surface area (Å²) in [4.78, 5) is 34.0. The number of likely N-dealkylation sites (tertiary alicyclic amines) is 1. The SMILES string of the molecule is O=C(NC1CCCCN1C(=O)O)Oc1ccc([N+](=O)[O-])cc1. The number of ether oxygens (including phenoxy) is 1. The van der Waals surface area contributed by atoms with Gasteiger partial charge in [0.15, 0.2) is 0 Å². The Labute approximate surface area is 125 Å². The molecule has 1 heterocycles. The van der Waals surface area contributed by atoms with Crippen LogP contribution < -0.4 is 10.1 Å². The molecular formula is C13H15N3O6. The van der Waals surface area contributed by atoms with Crippen LogP contribution in [0.25, 0.3) is 0 Å². The van der Waals surface area contributed by atoms with Crippen LogP contribution in [0.5, 0.6) is 5.75 Å². The van der Waals surface area contributed by atoms with Crippen LogP contribution in [0.15, 0.2) is 24.3 Å². The van der Waals surface area contributed by atoms with E-state index in [2.05, 4.69) is 5.32 Å². The second-order valence-electron chi connectivity index (χ2n) is 4.77. The number of carboxylic acid groups (broad SMARTS) is 1. The molecule has 1 aliphatic heterocycles. The zero-order valence-electron chi connectivity index (χ0n) is 11.6. The van der Waals surface area contributed by atoms with Gasteiger partial charge in [-0.15, -0.1) is 0 Å². The van der Waals surface area contributed by atoms with Gasteiger partial charge in [0.05, 0.1) is 4.92 Å². The zero-order valence-corrected chi connectivity index (χ0v) is 11.6. The lowest BCUT2D eigenvalue weighted by Gasteiger charge is -2.33. The number of nitro groups is 1. The summed E-state index contributed by atoms with van der Waals surface area (Å²) in [6.45, 7) is 0.359. The molecule has 9 heteroatoms. The summed E-state index contributed by atoms with van der Waals surface area (Å²) >= 11 is 0. The Bertz CT molecular complexity index is 574. The van der Waals surface area contributed by atoms with E-state index in [0.717, 1.165) is 17.7 Å². The van der Waals surface area contributed by atoms with E-state index in [0.29, 0.717) is 13.0 Å². The lowest BCUT2D eigenvalue weighted by molar-refractivity contribution is -0.384. The third-order valence-corrected chi connectivity index (χ3v) is 3.29. The Kier molecular flexibility index (Phi) is 4.77. The van der Waals surface area contributed by atoms with Crippen LogP contribution >= 0.6 is 0 Å². The second kappa shape index (κ2) is 6.74. The molecule has 1 saturated heterocycles. The highest BCUT2D eigenvalue weighted by Gasteiger charge is 2.28. The molecule has 0 radical (unpaired) electrons. The van der Waals surface area contributed by atoms with Crippen LogP contribution in [-0.4, -0.2) is 39.8 Å². The first kappa shape index (κ1) is 15.5. The van der Waals surface area contributed by atoms with Crippen molar-refractivity contribution in [2.75, 3.05) is 6.54 Å². The molecule has 0 spiro atoms. The van der Waals surface area contributed by atoms with Gasteiger partial charge in [0.1, 0.15) is 11.9 Å². The minimum absolute atomic E-state index is 0.114. The number of nitro benzene ring substituents is 1. The molecule has 9 nitrogen and oxygen atoms in total. The standard InChI is InChI=1S/C13H15N3O6/c17-12(14-11-3-1-2-8-15(11)13(18)19)22-10-6-4-9(5-7-10)16(20)21/h4-7,11H,1-3,8H2,(H,14,17)(H,18,19). The zero-order chi connectivity index (χ0) is 16.1. The van der Waals surface area contributed by atoms with Crippen molar-refractivity contribution in [3.63, 3.8) is 0 Å². The molecule has 1 unspecified atom stereocenters. The molecule has 0 saturated carbocycles. The lowest BCUT2D eigenvalue weighted by atomic mass is 10.1. The summed E-state index contributed by atoms with van der Waals surface area (Å²) in [6.07, 6.45) is -0.445. The fourth-order valence-corrected chi connectivity index (χ4v) is 2.22. The van der Waals surface area contributed by atoms with Crippen LogP contribution in [0.4, 0.5) is 15.3 Å². The van der Waals surface area contributed by atoms with E-state index in [4.69, 9.17) is 9.84 Å². The van der Waals surface area contributed by atoms with Crippen LogP contribution in [0.3, 0.4) is 0 Å². The van der Waals surface area contributed by atoms with Crippen LogP contribution in [-0.2, 0) is 0 Å². The maximum atomic E-state index is 11.8. The van der Waals surface area contributed by atoms with E-state index >= 15 is 0 Å². The van der Waals surface area contributed by atoms with Gasteiger partial charge in [0.25, 0.3) is 5.69 Å². The summed E-state index contributed by atoms with van der Waals surface area (Å²) in [7, 11) is 0. The van der Waals surface area contributed by atoms with Crippen molar-refractivity contribution >= 4 is 17.9 Å². The van der Waals surface area contributed by atoms with E-state index < -0.39 is 23.3 Å². The number of hydrogen-bond acceptors (Lipinski definition) is 5. The largest absolute Gasteiger partial charge is 0.465 e. The maximum Gasteiger partial charge on any atom is 0.414 e. The molecule has 1 aromatic rings. The smallest absolute Gasteiger partial charge is 0.414 e. The number of benzene rings is 1. The number of piperidine rings is 1. The molecule has 1 aromatic carbocycles. The van der Waals surface area contributed by atoms with Gasteiger partial charge in [-0.25, -0.2) is 9.59 Å². The van der Waals surface area contributed by atoms with Crippen molar-refractivity contribution < 1.29 is 24.4 Å². The number of non-ortho nitro benzene ring substituents is 1. The van der Waals surface area contributed by atoms with E-state index in [9.17, 15) is 19.7 Å². The fourth-order valence-electron chi connectivity index (χ4n) is 2.22. The van der Waals surface area contributed by atoms with E-state index in [1.165, 1.54) is 24.3 Å². The summed E-state index contributed by atoms with van der Waals surface area (Å²) in [5.74, 6) is 0.140. The quantitative estimate of drug-likeness (QED) is 0.651. The maximum absolute atomic E-state index is 11.8. The third-order valence-electron chi connectivity index (χ3n) is 3.29. The van der Waals surface area contributed by atoms with Gasteiger partial charge >= 0.3 is 12.2 Å². The summed E-state index contributed by atoms with van der Waals surface area (Å²) < 4.78 is 4.99. The van der Waals surface area contributed by atoms with Gasteiger partial charge in [0, 0.05) is 18.7 Å². The monoisotopic (exact) mass is 309 g/mol. The predicted molar refractivity (Wildman–Crippen MR) is 74.6 cm³/mol. The number of rotatable bonds is 3. The summed E-state index contributed by atoms with van der Waals surface area (Å²) in [5.41, 5.74) is -0.114. The molecule has 2 rings (SSSR count). The number of amides is 2. The second-order valence-corrected chi connectivity index (χ2v) is 4.77. The molecule has 2 amide bonds. The first-order valence-electron chi connectivity index (χ1n) is 6.70. The van der Waals surface area contributed by atoms with Crippen LogP contribution in [0, 0.1) is 10.1 Å². The van der Waals surface area contributed by atoms with Gasteiger partial charge < -0.3 is 15.2 Å². The first-order chi connectivity index (χ1) is 10.5. The highest BCUT2D eigenvalue weighted by Crippen LogP contribution is 2.18. The predicted octanol–water partition coefficient (Wildman–Crippen LogP) is 2.17. The molecule has 0 bridgehead atoms. The molecule has 0 aliphatic carbocycles. The number of hydrogen-bond donors (Lipinski definition) is 2. The Morgan fingerprint density at radius 3 is 2.59 bits per heavy atom. The number of nitrogens with one attached hydrogen (secondary N) is 1. The van der Waals surface area contributed by atoms with Gasteiger partial charge in [-0.2, -0.15) is 0 Å². The molecule has 1 fully saturated rings. The Hall–Kier alpha value is -2.84. The average Bonchev–Trinajstić information content (AvgIpc) is 2.48. The minimum atomic E-state index is -1.10. The minimum Gasteiger partial charge on any atom is -0.465 e. The highest BCUT2D eigenvalue weighted by atomic mass is 16.6. The molecule has 1 atom stereocenters. The fraction of sp³-hybridized carbons (Fsp3) is 0.385. The number of carbonyl (C=O) groups is 2. The first-order valence-corrected chi connectivity index (χ1v) is 6.70. The molecular weight excluding hydrogens is 294 g/mol. The van der Waals surface area contributed by atoms with Gasteiger partial charge in [0.2, 0.25) is 0 Å². The number of nitrogens with zero attached hydrogens (tertiary/aromatic N) is 2. The number of carbonyl (C=O) groups excluding carboxylic acids is 1. The lowest BCUT2D eigenvalue weighted by Crippen LogP contribution is -2.53. The average molecular weight is 309 g/mol. The Balaban J connectivity index is 1.94. The van der Waals surface area contributed by atoms with E-state index in [1.54, 1.807) is 0 Å². The highest BCUT2D eigenvalue weighted by molar-refractivity contribution is 5.72. The van der Waals surface area contributed by atoms with Crippen molar-refractivity contribution in [3.05, 3.63) is 34.4 Å². The van der Waals surface area contributed by atoms with Crippen molar-refractivity contribution in [1.82, 2.24) is 10.2 Å². The van der Waals surface area contributed by atoms with Crippen molar-refractivity contribution in [3.8, 4) is 5.75 Å². The molecule has 22 heavy (non-hydrogen) atoms. The molecule has 0 aromatic heterocycles. The molecule has 118 valence electrons. The van der Waals surface area contributed by atoms with Crippen LogP contribution in [0.2, 0.25) is 0 Å². The van der Waals surface area contributed by atoms with Crippen molar-refractivity contribution in [2.45, 2.75) is 25.4 Å². The summed E-state index contributed by atoms with van der Waals surface area (Å²) in [5, 5.41) is 22.1. The topological polar surface area (TPSA) is 122 Å². The van der Waals surface area contributed by atoms with E-state index in [-0.39, 0.29) is 11.4 Å². The third kappa shape index (κ3) is 3.84. The van der Waals surface area contributed by atoms with Crippen LogP contribution in [0.1, 0.15) is 19.3 Å². The van der Waals surface area contributed by atoms with E-state index in [1.807, 2.05) is 0 Å². The van der Waals surface area contributed by atoms with Gasteiger partial charge in [-0.05, 0) is 31.4 Å². The Morgan fingerprint density at radius 1 is 1.32 bits per heavy atom. The normalized spacial score (nSPS) is 17.6. The van der Waals surface area contributed by atoms with Crippen molar-refractivity contribution in [2.24, 2.45) is 0 Å². The van der Waals surface area contributed by atoms with Gasteiger partial charge in [-0.3, -0.25) is 15.0 Å². The molecule has 1 aliphatic rings. The summed E-state index contributed by atoms with van der Waals surface area (Å²) in [6, 6.07) is 5.03. The van der Waals surface area contributed by atoms with Gasteiger partial charge in [-0.1, -0.05) is 0 Å². The Morgan fingerprint density at radius 2 is 2.00 bits per heavy atom. The molecule has 2 N–H and O–H groups in total. The van der Waals surface area contributed by atoms with Crippen molar-refractivity contribution in [1.29, 1.82) is 0 Å².